The van der Waals surface area contributed by atoms with Crippen LogP contribution in [-0.4, -0.2) is 38.8 Å². The van der Waals surface area contributed by atoms with Crippen molar-refractivity contribution < 1.29 is 53.8 Å². The Morgan fingerprint density at radius 1 is 0.592 bits per heavy atom. The van der Waals surface area contributed by atoms with Crippen molar-refractivity contribution >= 4 is 106 Å². The van der Waals surface area contributed by atoms with Crippen molar-refractivity contribution in [2.75, 3.05) is 6.61 Å². The summed E-state index contributed by atoms with van der Waals surface area (Å²) < 4.78 is 14.2. The molecule has 0 radical (unpaired) electrons. The molecule has 13 heteroatoms. The maximum atomic E-state index is 12.2. The minimum Gasteiger partial charge on any atom is -0.870 e. The van der Waals surface area contributed by atoms with Crippen molar-refractivity contribution in [2.24, 2.45) is 5.73 Å². The van der Waals surface area contributed by atoms with E-state index in [1.165, 1.54) is 0 Å². The van der Waals surface area contributed by atoms with E-state index in [0.717, 1.165) is 92.0 Å². The topological polar surface area (TPSA) is 169 Å². The van der Waals surface area contributed by atoms with E-state index < -0.39 is 0 Å². The monoisotopic (exact) mass is 1090 g/mol. The van der Waals surface area contributed by atoms with E-state index in [1.54, 1.807) is 19.1 Å². The molecular formula is C58H46Br2ClN4NaO5. The van der Waals surface area contributed by atoms with Crippen LogP contribution in [0.5, 0.6) is 0 Å². The van der Waals surface area contributed by atoms with Crippen molar-refractivity contribution in [3.8, 4) is 33.9 Å². The van der Waals surface area contributed by atoms with Gasteiger partial charge in [-0.15, -0.1) is 12.4 Å². The molecule has 0 unspecified atom stereocenters. The average molecular weight is 1100 g/mol. The number of rotatable bonds is 7. The van der Waals surface area contributed by atoms with Gasteiger partial charge in [0.05, 0.1) is 11.4 Å². The fourth-order valence-electron chi connectivity index (χ4n) is 7.47. The van der Waals surface area contributed by atoms with Gasteiger partial charge in [-0.1, -0.05) is 184 Å². The molecule has 8 aromatic carbocycles. The molecule has 11 rings (SSSR count). The number of carbonyl (C=O) groups is 1. The molecule has 0 atom stereocenters. The SMILES string of the molecule is Brc1cccc(-c2nc(-c3ccccc3)cc(-c3cccc4c3oc3ccccc34)n2)c1.CCO.Cl.N=C(N)c1cccc(Br)c1.O=C(/C=C/c1cccc2c1oc1ccccc12)c1ccccc1.[Na+].[OH-]. The second kappa shape index (κ2) is 26.6. The largest absolute Gasteiger partial charge is 1.00 e. The van der Waals surface area contributed by atoms with E-state index in [0.29, 0.717) is 11.4 Å². The number of allylic oxidation sites excluding steroid dienone is 1. The van der Waals surface area contributed by atoms with Gasteiger partial charge in [0, 0.05) is 70.5 Å². The molecule has 0 saturated carbocycles. The Morgan fingerprint density at radius 3 is 1.68 bits per heavy atom. The number of aliphatic hydroxyl groups excluding tert-OH is 1. The van der Waals surface area contributed by atoms with Gasteiger partial charge in [-0.3, -0.25) is 10.2 Å². The van der Waals surface area contributed by atoms with Crippen molar-refractivity contribution in [1.82, 2.24) is 9.97 Å². The summed E-state index contributed by atoms with van der Waals surface area (Å²) in [6, 6.07) is 65.2. The summed E-state index contributed by atoms with van der Waals surface area (Å²) in [5, 5.41) is 19.0. The van der Waals surface area contributed by atoms with Crippen LogP contribution in [-0.2, 0) is 0 Å². The number of fused-ring (bicyclic) bond motifs is 6. The summed E-state index contributed by atoms with van der Waals surface area (Å²) in [5.41, 5.74) is 15.6. The van der Waals surface area contributed by atoms with E-state index in [-0.39, 0.29) is 65.7 Å². The molecule has 0 fully saturated rings. The van der Waals surface area contributed by atoms with Gasteiger partial charge in [0.2, 0.25) is 0 Å². The Morgan fingerprint density at radius 2 is 1.07 bits per heavy atom. The molecule has 0 aliphatic heterocycles. The smallest absolute Gasteiger partial charge is 0.870 e. The van der Waals surface area contributed by atoms with Crippen LogP contribution in [0.1, 0.15) is 28.4 Å². The summed E-state index contributed by atoms with van der Waals surface area (Å²) in [4.78, 5) is 22.1. The third-order valence-corrected chi connectivity index (χ3v) is 11.6. The van der Waals surface area contributed by atoms with Crippen molar-refractivity contribution in [3.63, 3.8) is 0 Å². The molecule has 0 saturated heterocycles. The van der Waals surface area contributed by atoms with E-state index in [9.17, 15) is 4.79 Å². The first-order chi connectivity index (χ1) is 33.2. The standard InChI is InChI=1S/C28H17BrN2O.C21H14O2.C7H7BrN2.C2H6O.ClH.Na.H2O/c29-20-11-6-10-19(16-20)28-30-24(18-8-2-1-3-9-18)17-25(31-28)23-14-7-13-22-21-12-4-5-15-26(21)32-27(22)23;22-19(15-7-2-1-3-8-15)14-13-16-9-6-11-18-17-10-4-5-12-20(17)23-21(16)18;8-6-3-1-2-5(4-6)7(9)10;1-2-3;;;/h1-17H;1-14H;1-4H,(H3,9,10);3H,2H2,1H3;1H;;1H2/q;;;;;+1;/p-1/b;14-13+;;;;;. The first kappa shape index (κ1) is 55.4. The Labute approximate surface area is 456 Å². The third-order valence-electron chi connectivity index (χ3n) is 10.6. The number of aliphatic hydroxyl groups is 1. The summed E-state index contributed by atoms with van der Waals surface area (Å²) >= 11 is 6.85. The number of halogens is 3. The number of hydrogen-bond acceptors (Lipinski definition) is 8. The van der Waals surface area contributed by atoms with Crippen LogP contribution in [0.25, 0.3) is 83.9 Å². The molecule has 5 N–H and O–H groups in total. The van der Waals surface area contributed by atoms with Crippen LogP contribution in [0.4, 0.5) is 0 Å². The molecule has 0 bridgehead atoms. The quantitative estimate of drug-likeness (QED) is 0.0466. The summed E-state index contributed by atoms with van der Waals surface area (Å²) in [6.45, 7) is 1.93. The van der Waals surface area contributed by atoms with E-state index >= 15 is 0 Å². The number of nitrogen functional groups attached to an aromatic ring is 1. The molecule has 0 aliphatic rings. The van der Waals surface area contributed by atoms with Crippen molar-refractivity contribution in [1.29, 1.82) is 5.41 Å². The molecule has 71 heavy (non-hydrogen) atoms. The fraction of sp³-hybridized carbons (Fsp3) is 0.0345. The third kappa shape index (κ3) is 13.7. The number of amidine groups is 1. The maximum absolute atomic E-state index is 12.2. The predicted molar refractivity (Wildman–Crippen MR) is 294 cm³/mol. The molecule has 0 amide bonds. The first-order valence-corrected chi connectivity index (χ1v) is 23.3. The normalized spacial score (nSPS) is 10.4. The van der Waals surface area contributed by atoms with Crippen LogP contribution >= 0.6 is 44.3 Å². The number of para-hydroxylation sites is 4. The molecule has 3 heterocycles. The average Bonchev–Trinajstić information content (AvgIpc) is 3.96. The zero-order valence-corrected chi connectivity index (χ0v) is 44.7. The molecule has 3 aromatic heterocycles. The van der Waals surface area contributed by atoms with Crippen LogP contribution < -0.4 is 35.3 Å². The molecule has 9 nitrogen and oxygen atoms in total. The van der Waals surface area contributed by atoms with Crippen molar-refractivity contribution in [3.05, 3.63) is 232 Å². The molecular weight excluding hydrogens is 1050 g/mol. The zero-order valence-electron chi connectivity index (χ0n) is 38.7. The van der Waals surface area contributed by atoms with E-state index in [4.69, 9.17) is 35.1 Å². The summed E-state index contributed by atoms with van der Waals surface area (Å²) in [6.07, 6.45) is 3.41. The van der Waals surface area contributed by atoms with Gasteiger partial charge in [0.1, 0.15) is 28.2 Å². The Balaban J connectivity index is 0.000000210. The van der Waals surface area contributed by atoms with Crippen LogP contribution in [0.15, 0.2) is 224 Å². The number of nitrogens with two attached hydrogens (primary N) is 1. The van der Waals surface area contributed by atoms with Gasteiger partial charge in [0.15, 0.2) is 11.6 Å². The number of hydrogen-bond donors (Lipinski definition) is 3. The van der Waals surface area contributed by atoms with Crippen LogP contribution in [0.2, 0.25) is 0 Å². The second-order valence-electron chi connectivity index (χ2n) is 15.2. The zero-order chi connectivity index (χ0) is 47.4. The minimum absolute atomic E-state index is 0. The van der Waals surface area contributed by atoms with Gasteiger partial charge in [-0.2, -0.15) is 0 Å². The molecule has 0 spiro atoms. The molecule has 11 aromatic rings. The van der Waals surface area contributed by atoms with Crippen molar-refractivity contribution in [2.45, 2.75) is 6.92 Å². The van der Waals surface area contributed by atoms with Crippen LogP contribution in [0.3, 0.4) is 0 Å². The predicted octanol–water partition coefficient (Wildman–Crippen LogP) is 12.6. The maximum Gasteiger partial charge on any atom is 1.00 e. The number of aromatic nitrogens is 2. The van der Waals surface area contributed by atoms with Gasteiger partial charge >= 0.3 is 29.6 Å². The van der Waals surface area contributed by atoms with E-state index in [2.05, 4.69) is 68.3 Å². The number of benzene rings is 8. The second-order valence-corrected chi connectivity index (χ2v) is 17.1. The van der Waals surface area contributed by atoms with Gasteiger partial charge in [0.25, 0.3) is 0 Å². The fourth-order valence-corrected chi connectivity index (χ4v) is 8.27. The van der Waals surface area contributed by atoms with Gasteiger partial charge < -0.3 is 25.2 Å². The summed E-state index contributed by atoms with van der Waals surface area (Å²) in [7, 11) is 0. The van der Waals surface area contributed by atoms with Gasteiger partial charge in [-0.05, 0) is 67.6 Å². The number of nitrogens with one attached hydrogen (secondary N) is 1. The number of furan rings is 2. The Kier molecular flexibility index (Phi) is 20.8. The minimum atomic E-state index is -0.0151. The number of carbonyl (C=O) groups excluding carboxylic acids is 1. The Bertz CT molecular complexity index is 3570. The molecule has 350 valence electrons. The number of nitrogens with zero attached hydrogens (tertiary/aromatic N) is 2. The molecule has 0 aliphatic carbocycles. The van der Waals surface area contributed by atoms with Gasteiger partial charge in [-0.25, -0.2) is 9.97 Å². The van der Waals surface area contributed by atoms with Crippen LogP contribution in [0, 0.1) is 5.41 Å². The van der Waals surface area contributed by atoms with E-state index in [1.807, 2.05) is 164 Å². The first-order valence-electron chi connectivity index (χ1n) is 21.7. The Hall–Kier alpha value is -6.51. The number of ketones is 1. The summed E-state index contributed by atoms with van der Waals surface area (Å²) in [5.74, 6) is 0.760.